The van der Waals surface area contributed by atoms with Crippen LogP contribution in [0.1, 0.15) is 18.4 Å². The summed E-state index contributed by atoms with van der Waals surface area (Å²) < 4.78 is 29.9. The third kappa shape index (κ3) is 3.03. The second kappa shape index (κ2) is 5.71. The maximum Gasteiger partial charge on any atom is 0.157 e. The lowest BCUT2D eigenvalue weighted by Crippen LogP contribution is -2.36. The Balaban J connectivity index is 2.16. The van der Waals surface area contributed by atoms with Crippen molar-refractivity contribution in [3.8, 4) is 5.75 Å². The molecule has 1 heterocycles. The fourth-order valence-electron chi connectivity index (χ4n) is 2.31. The van der Waals surface area contributed by atoms with Crippen molar-refractivity contribution in [2.45, 2.75) is 23.8 Å². The molecule has 2 rings (SSSR count). The Labute approximate surface area is 108 Å². The number of sulfone groups is 1. The van der Waals surface area contributed by atoms with Crippen molar-refractivity contribution in [1.82, 2.24) is 5.32 Å². The lowest BCUT2D eigenvalue weighted by molar-refractivity contribution is 0.410. The molecule has 1 aromatic carbocycles. The van der Waals surface area contributed by atoms with Crippen molar-refractivity contribution in [1.29, 1.82) is 0 Å². The van der Waals surface area contributed by atoms with Crippen LogP contribution in [0.3, 0.4) is 0 Å². The Morgan fingerprint density at radius 3 is 2.61 bits per heavy atom. The quantitative estimate of drug-likeness (QED) is 0.897. The highest BCUT2D eigenvalue weighted by molar-refractivity contribution is 7.91. The van der Waals surface area contributed by atoms with Crippen molar-refractivity contribution in [2.75, 3.05) is 20.2 Å². The lowest BCUT2D eigenvalue weighted by atomic mass is 10.2. The summed E-state index contributed by atoms with van der Waals surface area (Å²) in [5.74, 6) is 0.719. The molecule has 0 radical (unpaired) electrons. The molecule has 0 saturated carbocycles. The summed E-state index contributed by atoms with van der Waals surface area (Å²) >= 11 is 0. The second-order valence-corrected chi connectivity index (χ2v) is 6.85. The second-order valence-electron chi connectivity index (χ2n) is 4.57. The average Bonchev–Trinajstić information content (AvgIpc) is 2.40. The number of benzene rings is 1. The summed E-state index contributed by atoms with van der Waals surface area (Å²) in [4.78, 5) is 0. The minimum absolute atomic E-state index is 0.0711. The largest absolute Gasteiger partial charge is 0.496 e. The SMILES string of the molecule is COc1ccccc1CS(=O)(=O)C1CCNCC1. The summed E-state index contributed by atoms with van der Waals surface area (Å²) in [6, 6.07) is 7.31. The maximum atomic E-state index is 12.3. The highest BCUT2D eigenvalue weighted by Gasteiger charge is 2.28. The molecule has 1 aliphatic rings. The van der Waals surface area contributed by atoms with E-state index in [-0.39, 0.29) is 11.0 Å². The van der Waals surface area contributed by atoms with Gasteiger partial charge in [-0.1, -0.05) is 18.2 Å². The zero-order valence-corrected chi connectivity index (χ0v) is 11.4. The highest BCUT2D eigenvalue weighted by Crippen LogP contribution is 2.24. The number of piperidine rings is 1. The van der Waals surface area contributed by atoms with E-state index in [4.69, 9.17) is 4.74 Å². The summed E-state index contributed by atoms with van der Waals surface area (Å²) in [5, 5.41) is 2.97. The van der Waals surface area contributed by atoms with E-state index in [1.807, 2.05) is 18.2 Å². The first-order valence-electron chi connectivity index (χ1n) is 6.17. The maximum absolute atomic E-state index is 12.3. The molecule has 0 bridgehead atoms. The van der Waals surface area contributed by atoms with Crippen LogP contribution in [-0.4, -0.2) is 33.9 Å². The highest BCUT2D eigenvalue weighted by atomic mass is 32.2. The number of nitrogens with one attached hydrogen (secondary N) is 1. The van der Waals surface area contributed by atoms with E-state index in [1.54, 1.807) is 13.2 Å². The molecule has 100 valence electrons. The Morgan fingerprint density at radius 2 is 1.94 bits per heavy atom. The van der Waals surface area contributed by atoms with E-state index in [0.717, 1.165) is 18.7 Å². The van der Waals surface area contributed by atoms with Crippen molar-refractivity contribution in [2.24, 2.45) is 0 Å². The number of hydrogen-bond donors (Lipinski definition) is 1. The molecule has 0 aliphatic carbocycles. The van der Waals surface area contributed by atoms with Gasteiger partial charge in [0.05, 0.1) is 18.1 Å². The smallest absolute Gasteiger partial charge is 0.157 e. The van der Waals surface area contributed by atoms with Gasteiger partial charge in [-0.3, -0.25) is 0 Å². The van der Waals surface area contributed by atoms with Crippen LogP contribution >= 0.6 is 0 Å². The minimum atomic E-state index is -3.09. The monoisotopic (exact) mass is 269 g/mol. The fourth-order valence-corrected chi connectivity index (χ4v) is 4.17. The topological polar surface area (TPSA) is 55.4 Å². The van der Waals surface area contributed by atoms with E-state index in [2.05, 4.69) is 5.32 Å². The number of rotatable bonds is 4. The summed E-state index contributed by atoms with van der Waals surface area (Å²) in [6.45, 7) is 1.58. The van der Waals surface area contributed by atoms with Crippen molar-refractivity contribution in [3.63, 3.8) is 0 Å². The fraction of sp³-hybridized carbons (Fsp3) is 0.538. The zero-order valence-electron chi connectivity index (χ0n) is 10.6. The average molecular weight is 269 g/mol. The molecule has 18 heavy (non-hydrogen) atoms. The molecule has 4 nitrogen and oxygen atoms in total. The third-order valence-corrected chi connectivity index (χ3v) is 5.54. The van der Waals surface area contributed by atoms with E-state index >= 15 is 0 Å². The van der Waals surface area contributed by atoms with Gasteiger partial charge < -0.3 is 10.1 Å². The van der Waals surface area contributed by atoms with Gasteiger partial charge in [0.1, 0.15) is 5.75 Å². The van der Waals surface area contributed by atoms with Gasteiger partial charge in [0, 0.05) is 5.56 Å². The molecule has 1 N–H and O–H groups in total. The van der Waals surface area contributed by atoms with E-state index in [9.17, 15) is 8.42 Å². The first-order valence-corrected chi connectivity index (χ1v) is 7.89. The molecule has 0 unspecified atom stereocenters. The van der Waals surface area contributed by atoms with Crippen LogP contribution in [0.4, 0.5) is 0 Å². The van der Waals surface area contributed by atoms with Crippen LogP contribution in [-0.2, 0) is 15.6 Å². The molecule has 0 amide bonds. The molecule has 1 fully saturated rings. The normalized spacial score (nSPS) is 17.6. The molecular weight excluding hydrogens is 250 g/mol. The van der Waals surface area contributed by atoms with E-state index in [0.29, 0.717) is 18.6 Å². The molecule has 0 spiro atoms. The molecular formula is C13H19NO3S. The van der Waals surface area contributed by atoms with Crippen molar-refractivity contribution >= 4 is 9.84 Å². The minimum Gasteiger partial charge on any atom is -0.496 e. The van der Waals surface area contributed by atoms with Crippen LogP contribution in [0.15, 0.2) is 24.3 Å². The van der Waals surface area contributed by atoms with Gasteiger partial charge in [0.15, 0.2) is 9.84 Å². The first kappa shape index (κ1) is 13.4. The zero-order chi connectivity index (χ0) is 13.0. The predicted octanol–water partition coefficient (Wildman–Crippen LogP) is 1.36. The molecule has 0 aromatic heterocycles. The summed E-state index contributed by atoms with van der Waals surface area (Å²) in [6.07, 6.45) is 1.41. The Hall–Kier alpha value is -1.07. The van der Waals surface area contributed by atoms with Crippen LogP contribution in [0.2, 0.25) is 0 Å². The molecule has 1 saturated heterocycles. The van der Waals surface area contributed by atoms with Crippen LogP contribution in [0.25, 0.3) is 0 Å². The van der Waals surface area contributed by atoms with Crippen LogP contribution in [0, 0.1) is 0 Å². The van der Waals surface area contributed by atoms with Crippen LogP contribution in [0.5, 0.6) is 5.75 Å². The van der Waals surface area contributed by atoms with Crippen LogP contribution < -0.4 is 10.1 Å². The van der Waals surface area contributed by atoms with Gasteiger partial charge in [0.25, 0.3) is 0 Å². The number of ether oxygens (including phenoxy) is 1. The number of hydrogen-bond acceptors (Lipinski definition) is 4. The summed E-state index contributed by atoms with van der Waals surface area (Å²) in [7, 11) is -1.52. The Kier molecular flexibility index (Phi) is 4.24. The van der Waals surface area contributed by atoms with Crippen molar-refractivity contribution in [3.05, 3.63) is 29.8 Å². The third-order valence-electron chi connectivity index (χ3n) is 3.34. The van der Waals surface area contributed by atoms with Gasteiger partial charge in [0.2, 0.25) is 0 Å². The van der Waals surface area contributed by atoms with Gasteiger partial charge in [-0.05, 0) is 32.0 Å². The van der Waals surface area contributed by atoms with E-state index in [1.165, 1.54) is 0 Å². The van der Waals surface area contributed by atoms with E-state index < -0.39 is 9.84 Å². The van der Waals surface area contributed by atoms with Gasteiger partial charge >= 0.3 is 0 Å². The lowest BCUT2D eigenvalue weighted by Gasteiger charge is -2.23. The summed E-state index contributed by atoms with van der Waals surface area (Å²) in [5.41, 5.74) is 0.749. The number of methoxy groups -OCH3 is 1. The molecule has 1 aliphatic heterocycles. The van der Waals surface area contributed by atoms with Gasteiger partial charge in [-0.15, -0.1) is 0 Å². The number of para-hydroxylation sites is 1. The first-order chi connectivity index (χ1) is 8.63. The Bertz CT molecular complexity index is 493. The predicted molar refractivity (Wildman–Crippen MR) is 71.5 cm³/mol. The Morgan fingerprint density at radius 1 is 1.28 bits per heavy atom. The van der Waals surface area contributed by atoms with Gasteiger partial charge in [-0.2, -0.15) is 0 Å². The molecule has 5 heteroatoms. The molecule has 1 aromatic rings. The molecule has 0 atom stereocenters. The van der Waals surface area contributed by atoms with Crippen molar-refractivity contribution < 1.29 is 13.2 Å². The standard InChI is InChI=1S/C13H19NO3S/c1-17-13-5-3-2-4-11(13)10-18(15,16)12-6-8-14-9-7-12/h2-5,12,14H,6-10H2,1H3. The van der Waals surface area contributed by atoms with Gasteiger partial charge in [-0.25, -0.2) is 8.42 Å².